The second kappa shape index (κ2) is 4.41. The Bertz CT molecular complexity index is 546. The highest BCUT2D eigenvalue weighted by Crippen LogP contribution is 2.20. The minimum absolute atomic E-state index is 0.316. The molecule has 1 heterocycles. The van der Waals surface area contributed by atoms with Crippen molar-refractivity contribution in [3.8, 4) is 0 Å². The topological polar surface area (TPSA) is 29.9 Å². The predicted octanol–water partition coefficient (Wildman–Crippen LogP) is 2.35. The van der Waals surface area contributed by atoms with Gasteiger partial charge in [0.15, 0.2) is 5.82 Å². The second-order valence-corrected chi connectivity index (χ2v) is 4.38. The number of hydrogen-bond acceptors (Lipinski definition) is 2. The Labute approximate surface area is 98.5 Å². The van der Waals surface area contributed by atoms with Gasteiger partial charge in [-0.1, -0.05) is 13.8 Å². The van der Waals surface area contributed by atoms with E-state index >= 15 is 0 Å². The molecule has 0 aliphatic carbocycles. The van der Waals surface area contributed by atoms with Crippen molar-refractivity contribution in [1.82, 2.24) is 14.9 Å². The van der Waals surface area contributed by atoms with E-state index in [-0.39, 0.29) is 0 Å². The molecule has 1 aromatic carbocycles. The van der Waals surface area contributed by atoms with Crippen LogP contribution in [0.4, 0.5) is 8.78 Å². The lowest BCUT2D eigenvalue weighted by Crippen LogP contribution is -2.23. The molecule has 1 aromatic heterocycles. The third kappa shape index (κ3) is 2.29. The van der Waals surface area contributed by atoms with Gasteiger partial charge in [0.2, 0.25) is 0 Å². The van der Waals surface area contributed by atoms with E-state index in [9.17, 15) is 8.78 Å². The summed E-state index contributed by atoms with van der Waals surface area (Å²) in [5, 5.41) is 3.20. The fourth-order valence-corrected chi connectivity index (χ4v) is 1.77. The van der Waals surface area contributed by atoms with Crippen LogP contribution in [0.1, 0.15) is 19.7 Å². The van der Waals surface area contributed by atoms with Gasteiger partial charge in [0, 0.05) is 25.2 Å². The molecule has 2 aromatic rings. The molecular weight excluding hydrogens is 224 g/mol. The molecule has 0 radical (unpaired) electrons. The summed E-state index contributed by atoms with van der Waals surface area (Å²) < 4.78 is 28.3. The van der Waals surface area contributed by atoms with Gasteiger partial charge in [0.05, 0.1) is 12.1 Å². The van der Waals surface area contributed by atoms with Crippen LogP contribution in [0, 0.1) is 11.6 Å². The highest BCUT2D eigenvalue weighted by atomic mass is 19.1. The number of hydrogen-bond donors (Lipinski definition) is 1. The second-order valence-electron chi connectivity index (χ2n) is 4.38. The van der Waals surface area contributed by atoms with Crippen LogP contribution in [0.3, 0.4) is 0 Å². The standard InChI is InChI=1S/C12H15F2N3/c1-7(2)15-6-11-16-10-5-8(13)4-9(14)12(10)17(11)3/h4-5,7,15H,6H2,1-3H3. The Balaban J connectivity index is 2.45. The van der Waals surface area contributed by atoms with Crippen LogP contribution < -0.4 is 5.32 Å². The first-order valence-corrected chi connectivity index (χ1v) is 5.52. The fourth-order valence-electron chi connectivity index (χ4n) is 1.77. The van der Waals surface area contributed by atoms with Crippen LogP contribution in [-0.2, 0) is 13.6 Å². The number of aromatic nitrogens is 2. The summed E-state index contributed by atoms with van der Waals surface area (Å²) in [7, 11) is 1.73. The van der Waals surface area contributed by atoms with E-state index in [0.717, 1.165) is 6.07 Å². The predicted molar refractivity (Wildman–Crippen MR) is 62.6 cm³/mol. The van der Waals surface area contributed by atoms with E-state index in [1.807, 2.05) is 13.8 Å². The molecular formula is C12H15F2N3. The largest absolute Gasteiger partial charge is 0.328 e. The first-order chi connectivity index (χ1) is 7.99. The van der Waals surface area contributed by atoms with Crippen LogP contribution in [-0.4, -0.2) is 15.6 Å². The Hall–Kier alpha value is -1.49. The van der Waals surface area contributed by atoms with Gasteiger partial charge in [-0.25, -0.2) is 13.8 Å². The van der Waals surface area contributed by atoms with Crippen molar-refractivity contribution in [3.63, 3.8) is 0 Å². The monoisotopic (exact) mass is 239 g/mol. The van der Waals surface area contributed by atoms with Gasteiger partial charge in [-0.3, -0.25) is 0 Å². The van der Waals surface area contributed by atoms with Gasteiger partial charge in [-0.2, -0.15) is 0 Å². The van der Waals surface area contributed by atoms with Crippen LogP contribution in [0.25, 0.3) is 11.0 Å². The zero-order chi connectivity index (χ0) is 12.6. The smallest absolute Gasteiger partial charge is 0.152 e. The van der Waals surface area contributed by atoms with Gasteiger partial charge in [0.25, 0.3) is 0 Å². The highest BCUT2D eigenvalue weighted by Gasteiger charge is 2.13. The van der Waals surface area contributed by atoms with Crippen LogP contribution in [0.5, 0.6) is 0 Å². The number of nitrogens with zero attached hydrogens (tertiary/aromatic N) is 2. The third-order valence-corrected chi connectivity index (χ3v) is 2.65. The van der Waals surface area contributed by atoms with Gasteiger partial charge in [0.1, 0.15) is 17.2 Å². The molecule has 2 rings (SSSR count). The molecule has 0 saturated carbocycles. The van der Waals surface area contributed by atoms with Crippen molar-refractivity contribution in [2.75, 3.05) is 0 Å². The molecule has 3 nitrogen and oxygen atoms in total. The lowest BCUT2D eigenvalue weighted by Gasteiger charge is -2.07. The molecule has 5 heteroatoms. The minimum atomic E-state index is -0.600. The van der Waals surface area contributed by atoms with Gasteiger partial charge >= 0.3 is 0 Å². The Morgan fingerprint density at radius 2 is 2.06 bits per heavy atom. The lowest BCUT2D eigenvalue weighted by molar-refractivity contribution is 0.560. The van der Waals surface area contributed by atoms with E-state index < -0.39 is 11.6 Å². The Morgan fingerprint density at radius 3 is 2.71 bits per heavy atom. The number of rotatable bonds is 3. The summed E-state index contributed by atoms with van der Waals surface area (Å²) in [5.74, 6) is -0.486. The normalized spacial score (nSPS) is 11.6. The van der Waals surface area contributed by atoms with E-state index in [1.165, 1.54) is 6.07 Å². The van der Waals surface area contributed by atoms with E-state index in [2.05, 4.69) is 10.3 Å². The number of imidazole rings is 1. The maximum Gasteiger partial charge on any atom is 0.152 e. The van der Waals surface area contributed by atoms with E-state index in [1.54, 1.807) is 11.6 Å². The summed E-state index contributed by atoms with van der Waals surface area (Å²) in [6.07, 6.45) is 0. The molecule has 1 N–H and O–H groups in total. The highest BCUT2D eigenvalue weighted by molar-refractivity contribution is 5.76. The molecule has 0 atom stereocenters. The molecule has 0 amide bonds. The molecule has 0 saturated heterocycles. The quantitative estimate of drug-likeness (QED) is 0.891. The summed E-state index contributed by atoms with van der Waals surface area (Å²) in [6, 6.07) is 2.44. The maximum atomic E-state index is 13.6. The first-order valence-electron chi connectivity index (χ1n) is 5.52. The fraction of sp³-hybridized carbons (Fsp3) is 0.417. The van der Waals surface area contributed by atoms with Crippen molar-refractivity contribution < 1.29 is 8.78 Å². The van der Waals surface area contributed by atoms with Crippen LogP contribution >= 0.6 is 0 Å². The zero-order valence-electron chi connectivity index (χ0n) is 10.1. The Kier molecular flexibility index (Phi) is 3.11. The third-order valence-electron chi connectivity index (χ3n) is 2.65. The van der Waals surface area contributed by atoms with Crippen molar-refractivity contribution in [2.24, 2.45) is 7.05 Å². The van der Waals surface area contributed by atoms with Crippen LogP contribution in [0.2, 0.25) is 0 Å². The van der Waals surface area contributed by atoms with E-state index in [4.69, 9.17) is 0 Å². The minimum Gasteiger partial charge on any atom is -0.328 e. The summed E-state index contributed by atoms with van der Waals surface area (Å²) >= 11 is 0. The molecule has 0 aliphatic rings. The van der Waals surface area contributed by atoms with Gasteiger partial charge < -0.3 is 9.88 Å². The molecule has 0 spiro atoms. The van der Waals surface area contributed by atoms with Gasteiger partial charge in [-0.05, 0) is 0 Å². The maximum absolute atomic E-state index is 13.6. The number of aryl methyl sites for hydroxylation is 1. The van der Waals surface area contributed by atoms with Gasteiger partial charge in [-0.15, -0.1) is 0 Å². The molecule has 17 heavy (non-hydrogen) atoms. The molecule has 0 fully saturated rings. The molecule has 0 aliphatic heterocycles. The van der Waals surface area contributed by atoms with Crippen molar-refractivity contribution in [3.05, 3.63) is 29.6 Å². The summed E-state index contributed by atoms with van der Waals surface area (Å²) in [6.45, 7) is 4.57. The average Bonchev–Trinajstić information content (AvgIpc) is 2.52. The number of halogens is 2. The number of nitrogens with one attached hydrogen (secondary N) is 1. The molecule has 0 bridgehead atoms. The number of benzene rings is 1. The summed E-state index contributed by atoms with van der Waals surface area (Å²) in [5.41, 5.74) is 0.692. The van der Waals surface area contributed by atoms with Crippen molar-refractivity contribution in [1.29, 1.82) is 0 Å². The average molecular weight is 239 g/mol. The zero-order valence-corrected chi connectivity index (χ0v) is 10.1. The molecule has 92 valence electrons. The number of fused-ring (bicyclic) bond motifs is 1. The van der Waals surface area contributed by atoms with E-state index in [0.29, 0.717) is 29.4 Å². The molecule has 0 unspecified atom stereocenters. The summed E-state index contributed by atoms with van der Waals surface area (Å²) in [4.78, 5) is 4.23. The van der Waals surface area contributed by atoms with Crippen molar-refractivity contribution in [2.45, 2.75) is 26.4 Å². The van der Waals surface area contributed by atoms with Crippen LogP contribution in [0.15, 0.2) is 12.1 Å². The van der Waals surface area contributed by atoms with Crippen molar-refractivity contribution >= 4 is 11.0 Å². The SMILES string of the molecule is CC(C)NCc1nc2cc(F)cc(F)c2n1C. The lowest BCUT2D eigenvalue weighted by atomic mass is 10.3. The Morgan fingerprint density at radius 1 is 1.35 bits per heavy atom. The first kappa shape index (κ1) is 12.0.